The van der Waals surface area contributed by atoms with E-state index in [1.54, 1.807) is 13.0 Å². The summed E-state index contributed by atoms with van der Waals surface area (Å²) in [7, 11) is 0. The summed E-state index contributed by atoms with van der Waals surface area (Å²) in [5, 5.41) is 16.0. The molecule has 5 nitrogen and oxygen atoms in total. The Bertz CT molecular complexity index is 826. The van der Waals surface area contributed by atoms with Gasteiger partial charge in [0.25, 0.3) is 0 Å². The molecule has 108 valence electrons. The van der Waals surface area contributed by atoms with Crippen LogP contribution in [-0.2, 0) is 6.18 Å². The lowest BCUT2D eigenvalue weighted by Crippen LogP contribution is -2.11. The van der Waals surface area contributed by atoms with Gasteiger partial charge in [0.1, 0.15) is 5.75 Å². The molecule has 0 bridgehead atoms. The fraction of sp³-hybridized carbons (Fsp3) is 0.154. The van der Waals surface area contributed by atoms with Gasteiger partial charge in [0.2, 0.25) is 5.82 Å². The molecule has 0 aliphatic heterocycles. The van der Waals surface area contributed by atoms with Crippen LogP contribution < -0.4 is 0 Å². The van der Waals surface area contributed by atoms with Gasteiger partial charge in [-0.2, -0.15) is 13.2 Å². The van der Waals surface area contributed by atoms with Crippen molar-refractivity contribution in [3.63, 3.8) is 0 Å². The first kappa shape index (κ1) is 13.3. The molecule has 3 aromatic rings. The average molecular weight is 294 g/mol. The van der Waals surface area contributed by atoms with Crippen LogP contribution in [0.3, 0.4) is 0 Å². The minimum atomic E-state index is -4.60. The number of phenolic OH excluding ortho intramolecular Hbond substituents is 1. The van der Waals surface area contributed by atoms with E-state index in [1.165, 1.54) is 24.5 Å². The normalized spacial score (nSPS) is 12.0. The molecular formula is C13H9F3N4O. The largest absolute Gasteiger partial charge is 0.508 e. The molecule has 0 amide bonds. The van der Waals surface area contributed by atoms with E-state index in [0.29, 0.717) is 16.8 Å². The second kappa shape index (κ2) is 4.44. The van der Waals surface area contributed by atoms with Gasteiger partial charge in [0.05, 0.1) is 11.9 Å². The topological polar surface area (TPSA) is 63.3 Å². The molecule has 2 heterocycles. The smallest absolute Gasteiger partial charge is 0.452 e. The number of alkyl halides is 3. The van der Waals surface area contributed by atoms with Crippen LogP contribution in [0.15, 0.2) is 30.6 Å². The zero-order valence-corrected chi connectivity index (χ0v) is 10.8. The van der Waals surface area contributed by atoms with Crippen molar-refractivity contribution in [2.45, 2.75) is 13.1 Å². The summed E-state index contributed by atoms with van der Waals surface area (Å²) in [5.41, 5.74) is 1.67. The van der Waals surface area contributed by atoms with E-state index in [4.69, 9.17) is 0 Å². The summed E-state index contributed by atoms with van der Waals surface area (Å²) < 4.78 is 39.4. The molecule has 0 spiro atoms. The lowest BCUT2D eigenvalue weighted by Gasteiger charge is -2.08. The second-order valence-corrected chi connectivity index (χ2v) is 4.52. The van der Waals surface area contributed by atoms with Crippen LogP contribution in [0, 0.1) is 6.92 Å². The van der Waals surface area contributed by atoms with Crippen LogP contribution in [0.1, 0.15) is 11.4 Å². The van der Waals surface area contributed by atoms with Crippen LogP contribution in [0.5, 0.6) is 5.75 Å². The molecule has 0 saturated heterocycles. The zero-order valence-electron chi connectivity index (χ0n) is 10.8. The number of aromatic nitrogens is 4. The zero-order chi connectivity index (χ0) is 15.2. The van der Waals surface area contributed by atoms with Gasteiger partial charge in [-0.05, 0) is 30.7 Å². The number of rotatable bonds is 1. The number of phenols is 1. The predicted molar refractivity (Wildman–Crippen MR) is 67.6 cm³/mol. The molecule has 0 saturated carbocycles. The highest BCUT2D eigenvalue weighted by atomic mass is 19.4. The Morgan fingerprint density at radius 2 is 1.95 bits per heavy atom. The maximum atomic E-state index is 12.8. The number of aromatic hydroxyl groups is 1. The SMILES string of the molecule is Cc1cc(O)ccc1-c1cn2c(C(F)(F)F)nnc2cn1. The Morgan fingerprint density at radius 3 is 2.62 bits per heavy atom. The molecule has 3 rings (SSSR count). The van der Waals surface area contributed by atoms with Gasteiger partial charge in [-0.25, -0.2) is 0 Å². The highest BCUT2D eigenvalue weighted by Crippen LogP contribution is 2.29. The predicted octanol–water partition coefficient (Wildman–Crippen LogP) is 2.82. The van der Waals surface area contributed by atoms with E-state index in [2.05, 4.69) is 15.2 Å². The fourth-order valence-corrected chi connectivity index (χ4v) is 2.07. The van der Waals surface area contributed by atoms with Gasteiger partial charge in [-0.3, -0.25) is 9.38 Å². The second-order valence-electron chi connectivity index (χ2n) is 4.52. The molecule has 0 unspecified atom stereocenters. The maximum Gasteiger partial charge on any atom is 0.452 e. The third-order valence-electron chi connectivity index (χ3n) is 3.03. The van der Waals surface area contributed by atoms with E-state index < -0.39 is 12.0 Å². The van der Waals surface area contributed by atoms with Crippen LogP contribution in [0.2, 0.25) is 0 Å². The number of aryl methyl sites for hydroxylation is 1. The Kier molecular flexibility index (Phi) is 2.82. The number of fused-ring (bicyclic) bond motifs is 1. The molecule has 0 radical (unpaired) electrons. The standard InChI is InChI=1S/C13H9F3N4O/c1-7-4-8(21)2-3-9(7)10-6-20-11(5-17-10)18-19-12(20)13(14,15)16/h2-6,21H,1H3. The number of hydrogen-bond donors (Lipinski definition) is 1. The maximum absolute atomic E-state index is 12.8. The molecule has 8 heteroatoms. The van der Waals surface area contributed by atoms with Crippen molar-refractivity contribution >= 4 is 5.65 Å². The first-order valence-corrected chi connectivity index (χ1v) is 5.94. The van der Waals surface area contributed by atoms with Gasteiger partial charge in [0.15, 0.2) is 5.65 Å². The Labute approximate surface area is 116 Å². The summed E-state index contributed by atoms with van der Waals surface area (Å²) in [6.07, 6.45) is -2.14. The van der Waals surface area contributed by atoms with Gasteiger partial charge < -0.3 is 5.11 Å². The van der Waals surface area contributed by atoms with Crippen LogP contribution >= 0.6 is 0 Å². The first-order chi connectivity index (χ1) is 9.86. The molecule has 0 fully saturated rings. The van der Waals surface area contributed by atoms with E-state index in [1.807, 2.05) is 0 Å². The average Bonchev–Trinajstić information content (AvgIpc) is 2.81. The molecule has 2 aromatic heterocycles. The van der Waals surface area contributed by atoms with Crippen LogP contribution in [0.4, 0.5) is 13.2 Å². The lowest BCUT2D eigenvalue weighted by molar-refractivity contribution is -0.145. The van der Waals surface area contributed by atoms with Gasteiger partial charge in [0, 0.05) is 11.8 Å². The number of halogens is 3. The number of nitrogens with zero attached hydrogens (tertiary/aromatic N) is 4. The highest BCUT2D eigenvalue weighted by Gasteiger charge is 2.37. The molecule has 1 N–H and O–H groups in total. The fourth-order valence-electron chi connectivity index (χ4n) is 2.07. The molecule has 1 aromatic carbocycles. The van der Waals surface area contributed by atoms with E-state index >= 15 is 0 Å². The van der Waals surface area contributed by atoms with Gasteiger partial charge in [-0.1, -0.05) is 0 Å². The van der Waals surface area contributed by atoms with Crippen molar-refractivity contribution < 1.29 is 18.3 Å². The summed E-state index contributed by atoms with van der Waals surface area (Å²) in [6.45, 7) is 1.73. The van der Waals surface area contributed by atoms with Crippen molar-refractivity contribution in [3.05, 3.63) is 42.0 Å². The molecular weight excluding hydrogens is 285 g/mol. The van der Waals surface area contributed by atoms with E-state index in [9.17, 15) is 18.3 Å². The Morgan fingerprint density at radius 1 is 1.19 bits per heavy atom. The van der Waals surface area contributed by atoms with Crippen molar-refractivity contribution in [3.8, 4) is 17.0 Å². The van der Waals surface area contributed by atoms with Crippen LogP contribution in [0.25, 0.3) is 16.9 Å². The van der Waals surface area contributed by atoms with Crippen molar-refractivity contribution in [1.82, 2.24) is 19.6 Å². The quantitative estimate of drug-likeness (QED) is 0.749. The first-order valence-electron chi connectivity index (χ1n) is 5.94. The van der Waals surface area contributed by atoms with Gasteiger partial charge >= 0.3 is 6.18 Å². The van der Waals surface area contributed by atoms with E-state index in [0.717, 1.165) is 4.40 Å². The monoisotopic (exact) mass is 294 g/mol. The summed E-state index contributed by atoms with van der Waals surface area (Å²) in [4.78, 5) is 4.09. The van der Waals surface area contributed by atoms with Crippen LogP contribution in [-0.4, -0.2) is 24.7 Å². The van der Waals surface area contributed by atoms with E-state index in [-0.39, 0.29) is 11.4 Å². The van der Waals surface area contributed by atoms with Crippen molar-refractivity contribution in [2.24, 2.45) is 0 Å². The summed E-state index contributed by atoms with van der Waals surface area (Å²) >= 11 is 0. The van der Waals surface area contributed by atoms with Crippen molar-refractivity contribution in [1.29, 1.82) is 0 Å². The number of hydrogen-bond acceptors (Lipinski definition) is 4. The molecule has 0 aliphatic rings. The Balaban J connectivity index is 2.20. The summed E-state index contributed by atoms with van der Waals surface area (Å²) in [6, 6.07) is 4.56. The third kappa shape index (κ3) is 2.28. The third-order valence-corrected chi connectivity index (χ3v) is 3.03. The molecule has 21 heavy (non-hydrogen) atoms. The molecule has 0 aliphatic carbocycles. The van der Waals surface area contributed by atoms with Crippen molar-refractivity contribution in [2.75, 3.05) is 0 Å². The minimum Gasteiger partial charge on any atom is -0.508 e. The minimum absolute atomic E-state index is 0.0162. The Hall–Kier alpha value is -2.64. The lowest BCUT2D eigenvalue weighted by atomic mass is 10.1. The van der Waals surface area contributed by atoms with Gasteiger partial charge in [-0.15, -0.1) is 10.2 Å². The molecule has 0 atom stereocenters. The highest BCUT2D eigenvalue weighted by molar-refractivity contribution is 5.64. The summed E-state index contributed by atoms with van der Waals surface area (Å²) in [5.74, 6) is -1.02. The number of benzene rings is 1.